The highest BCUT2D eigenvalue weighted by atomic mass is 35.5. The SMILES string of the molecule is Nc1cccc(C#Cc2c(N)ncnc2NCCc2nc3cccc(Cl)c3c(=O)n2-c2cc(F)cc(F)c2)n1. The van der Waals surface area contributed by atoms with Crippen molar-refractivity contribution in [3.05, 3.63) is 105 Å². The molecular weight excluding hydrogens is 526 g/mol. The molecule has 0 amide bonds. The van der Waals surface area contributed by atoms with E-state index in [0.29, 0.717) is 28.4 Å². The summed E-state index contributed by atoms with van der Waals surface area (Å²) < 4.78 is 29.3. The Morgan fingerprint density at radius 1 is 0.974 bits per heavy atom. The fourth-order valence-electron chi connectivity index (χ4n) is 3.93. The second-order valence-electron chi connectivity index (χ2n) is 8.29. The maximum Gasteiger partial charge on any atom is 0.267 e. The van der Waals surface area contributed by atoms with Gasteiger partial charge in [0.2, 0.25) is 0 Å². The van der Waals surface area contributed by atoms with Gasteiger partial charge in [0.1, 0.15) is 52.5 Å². The third-order valence-electron chi connectivity index (χ3n) is 5.63. The molecule has 2 aromatic carbocycles. The molecule has 0 aliphatic rings. The second-order valence-corrected chi connectivity index (χ2v) is 8.69. The number of nitrogens with two attached hydrogens (primary N) is 2. The summed E-state index contributed by atoms with van der Waals surface area (Å²) in [6.45, 7) is 0.206. The van der Waals surface area contributed by atoms with Crippen molar-refractivity contribution < 1.29 is 8.78 Å². The minimum Gasteiger partial charge on any atom is -0.384 e. The number of aromatic nitrogens is 5. The molecule has 9 nitrogen and oxygen atoms in total. The Labute approximate surface area is 225 Å². The molecule has 0 saturated carbocycles. The van der Waals surface area contributed by atoms with Crippen LogP contribution in [0.2, 0.25) is 5.02 Å². The summed E-state index contributed by atoms with van der Waals surface area (Å²) in [5.74, 6) is 5.17. The average Bonchev–Trinajstić information content (AvgIpc) is 2.88. The molecule has 0 aliphatic carbocycles. The first-order valence-corrected chi connectivity index (χ1v) is 11.9. The first-order valence-electron chi connectivity index (χ1n) is 11.6. The normalized spacial score (nSPS) is 10.7. The Hall–Kier alpha value is -5.08. The first-order chi connectivity index (χ1) is 18.8. The highest BCUT2D eigenvalue weighted by molar-refractivity contribution is 6.35. The van der Waals surface area contributed by atoms with Crippen molar-refractivity contribution in [1.82, 2.24) is 24.5 Å². The van der Waals surface area contributed by atoms with Crippen LogP contribution < -0.4 is 22.3 Å². The summed E-state index contributed by atoms with van der Waals surface area (Å²) in [5, 5.41) is 3.43. The van der Waals surface area contributed by atoms with E-state index in [-0.39, 0.29) is 40.7 Å². The lowest BCUT2D eigenvalue weighted by molar-refractivity contribution is 0.580. The van der Waals surface area contributed by atoms with Crippen LogP contribution in [0.3, 0.4) is 0 Å². The number of halogens is 3. The summed E-state index contributed by atoms with van der Waals surface area (Å²) in [6, 6.07) is 12.7. The zero-order chi connectivity index (χ0) is 27.5. The number of benzene rings is 2. The Kier molecular flexibility index (Phi) is 7.03. The molecule has 0 unspecified atom stereocenters. The van der Waals surface area contributed by atoms with Gasteiger partial charge >= 0.3 is 0 Å². The quantitative estimate of drug-likeness (QED) is 0.285. The van der Waals surface area contributed by atoms with E-state index in [0.717, 1.165) is 22.8 Å². The van der Waals surface area contributed by atoms with Gasteiger partial charge in [-0.05, 0) is 42.3 Å². The van der Waals surface area contributed by atoms with Crippen LogP contribution in [-0.2, 0) is 6.42 Å². The lowest BCUT2D eigenvalue weighted by Crippen LogP contribution is -2.26. The van der Waals surface area contributed by atoms with Crippen LogP contribution in [0.1, 0.15) is 17.1 Å². The predicted molar refractivity (Wildman–Crippen MR) is 146 cm³/mol. The van der Waals surface area contributed by atoms with Crippen LogP contribution in [-0.4, -0.2) is 31.0 Å². The first kappa shape index (κ1) is 25.6. The molecular formula is C27H19ClF2N8O. The Balaban J connectivity index is 1.50. The molecule has 0 bridgehead atoms. The minimum absolute atomic E-state index is 0.0192. The summed E-state index contributed by atoms with van der Waals surface area (Å²) in [5.41, 5.74) is 12.3. The molecule has 12 heteroatoms. The topological polar surface area (TPSA) is 138 Å². The molecule has 0 fully saturated rings. The number of nitrogen functional groups attached to an aromatic ring is 2. The number of hydrogen-bond acceptors (Lipinski definition) is 8. The number of rotatable bonds is 5. The molecule has 39 heavy (non-hydrogen) atoms. The van der Waals surface area contributed by atoms with Gasteiger partial charge in [0.25, 0.3) is 5.56 Å². The average molecular weight is 545 g/mol. The molecule has 194 valence electrons. The molecule has 0 aliphatic heterocycles. The van der Waals surface area contributed by atoms with Crippen LogP contribution in [0.5, 0.6) is 0 Å². The van der Waals surface area contributed by atoms with E-state index in [9.17, 15) is 13.6 Å². The molecule has 5 N–H and O–H groups in total. The van der Waals surface area contributed by atoms with Crippen LogP contribution in [0.25, 0.3) is 16.6 Å². The van der Waals surface area contributed by atoms with Crippen molar-refractivity contribution in [1.29, 1.82) is 0 Å². The number of pyridine rings is 1. The number of hydrogen-bond donors (Lipinski definition) is 3. The summed E-state index contributed by atoms with van der Waals surface area (Å²) in [4.78, 5) is 30.4. The van der Waals surface area contributed by atoms with Gasteiger partial charge in [-0.25, -0.2) is 28.7 Å². The fraction of sp³-hybridized carbons (Fsp3) is 0.0741. The highest BCUT2D eigenvalue weighted by Crippen LogP contribution is 2.22. The van der Waals surface area contributed by atoms with E-state index in [1.165, 1.54) is 6.33 Å². The molecule has 0 atom stereocenters. The summed E-state index contributed by atoms with van der Waals surface area (Å²) in [6.07, 6.45) is 1.44. The maximum atomic E-state index is 14.1. The molecule has 5 rings (SSSR count). The van der Waals surface area contributed by atoms with E-state index < -0.39 is 17.2 Å². The molecule has 3 heterocycles. The van der Waals surface area contributed by atoms with Gasteiger partial charge in [-0.15, -0.1) is 0 Å². The van der Waals surface area contributed by atoms with E-state index in [1.54, 1.807) is 36.4 Å². The van der Waals surface area contributed by atoms with E-state index >= 15 is 0 Å². The Morgan fingerprint density at radius 3 is 2.51 bits per heavy atom. The van der Waals surface area contributed by atoms with Crippen LogP contribution in [0, 0.1) is 23.5 Å². The zero-order valence-electron chi connectivity index (χ0n) is 20.1. The Bertz CT molecular complexity index is 1830. The van der Waals surface area contributed by atoms with Crippen LogP contribution in [0.15, 0.2) is 65.7 Å². The third-order valence-corrected chi connectivity index (χ3v) is 5.94. The highest BCUT2D eigenvalue weighted by Gasteiger charge is 2.17. The smallest absolute Gasteiger partial charge is 0.267 e. The van der Waals surface area contributed by atoms with Gasteiger partial charge in [0.15, 0.2) is 0 Å². The van der Waals surface area contributed by atoms with Crippen molar-refractivity contribution in [3.63, 3.8) is 0 Å². The summed E-state index contributed by atoms with van der Waals surface area (Å²) in [7, 11) is 0. The Morgan fingerprint density at radius 2 is 1.74 bits per heavy atom. The van der Waals surface area contributed by atoms with Gasteiger partial charge in [0.05, 0.1) is 21.6 Å². The maximum absolute atomic E-state index is 14.1. The van der Waals surface area contributed by atoms with E-state index in [4.69, 9.17) is 23.1 Å². The van der Waals surface area contributed by atoms with Crippen molar-refractivity contribution in [3.8, 4) is 17.5 Å². The van der Waals surface area contributed by atoms with Gasteiger partial charge < -0.3 is 16.8 Å². The molecule has 5 aromatic rings. The minimum atomic E-state index is -0.838. The predicted octanol–water partition coefficient (Wildman–Crippen LogP) is 3.72. The van der Waals surface area contributed by atoms with Gasteiger partial charge in [-0.1, -0.05) is 29.7 Å². The monoisotopic (exact) mass is 544 g/mol. The fourth-order valence-corrected chi connectivity index (χ4v) is 4.19. The van der Waals surface area contributed by atoms with E-state index in [2.05, 4.69) is 37.1 Å². The van der Waals surface area contributed by atoms with E-state index in [1.807, 2.05) is 0 Å². The molecule has 3 aromatic heterocycles. The van der Waals surface area contributed by atoms with Crippen molar-refractivity contribution in [2.45, 2.75) is 6.42 Å². The van der Waals surface area contributed by atoms with Crippen LogP contribution >= 0.6 is 11.6 Å². The van der Waals surface area contributed by atoms with Crippen molar-refractivity contribution >= 4 is 40.0 Å². The molecule has 0 spiro atoms. The number of anilines is 3. The standard InChI is InChI=1S/C27H19ClF2N8O/c28-20-4-2-5-21-24(20)27(39)38(18-12-15(29)11-16(30)13-18)23(37-21)9-10-33-26-19(25(32)34-14-35-26)8-7-17-3-1-6-22(31)36-17/h1-6,11-14H,9-10H2,(H2,31,36)(H3,32,33,34,35). The van der Waals surface area contributed by atoms with Gasteiger partial charge in [0, 0.05) is 19.0 Å². The van der Waals surface area contributed by atoms with Gasteiger partial charge in [-0.2, -0.15) is 0 Å². The molecule has 0 radical (unpaired) electrons. The molecule has 0 saturated heterocycles. The lowest BCUT2D eigenvalue weighted by atomic mass is 10.2. The third kappa shape index (κ3) is 5.46. The number of nitrogens with one attached hydrogen (secondary N) is 1. The summed E-state index contributed by atoms with van der Waals surface area (Å²) >= 11 is 6.27. The lowest BCUT2D eigenvalue weighted by Gasteiger charge is -2.15. The van der Waals surface area contributed by atoms with Crippen molar-refractivity contribution in [2.24, 2.45) is 0 Å². The largest absolute Gasteiger partial charge is 0.384 e. The number of fused-ring (bicyclic) bond motifs is 1. The second kappa shape index (κ2) is 10.7. The van der Waals surface area contributed by atoms with Crippen molar-refractivity contribution in [2.75, 3.05) is 23.3 Å². The zero-order valence-corrected chi connectivity index (χ0v) is 20.9. The number of nitrogens with zero attached hydrogens (tertiary/aromatic N) is 5. The van der Waals surface area contributed by atoms with Crippen LogP contribution in [0.4, 0.5) is 26.2 Å². The van der Waals surface area contributed by atoms with Gasteiger partial charge in [-0.3, -0.25) is 9.36 Å².